The van der Waals surface area contributed by atoms with Gasteiger partial charge in [-0.1, -0.05) is 6.07 Å². The van der Waals surface area contributed by atoms with Crippen LogP contribution in [0.5, 0.6) is 5.75 Å². The number of benzene rings is 1. The normalized spacial score (nSPS) is 17.6. The predicted molar refractivity (Wildman–Crippen MR) is 57.4 cm³/mol. The van der Waals surface area contributed by atoms with Crippen LogP contribution in [-0.2, 0) is 12.8 Å². The van der Waals surface area contributed by atoms with Gasteiger partial charge in [-0.3, -0.25) is 0 Å². The summed E-state index contributed by atoms with van der Waals surface area (Å²) < 4.78 is 0. The first kappa shape index (κ1) is 9.53. The van der Waals surface area contributed by atoms with Crippen LogP contribution in [0.4, 0.5) is 0 Å². The van der Waals surface area contributed by atoms with Crippen molar-refractivity contribution in [2.24, 2.45) is 5.73 Å². The molecule has 1 aromatic carbocycles. The van der Waals surface area contributed by atoms with Crippen LogP contribution in [0.15, 0.2) is 12.1 Å². The number of rotatable bonds is 1. The van der Waals surface area contributed by atoms with Crippen molar-refractivity contribution in [3.8, 4) is 5.75 Å². The van der Waals surface area contributed by atoms with Crippen molar-refractivity contribution in [3.05, 3.63) is 28.8 Å². The average Bonchev–Trinajstić information content (AvgIpc) is 2.17. The van der Waals surface area contributed by atoms with E-state index in [0.29, 0.717) is 5.75 Å². The monoisotopic (exact) mass is 191 g/mol. The van der Waals surface area contributed by atoms with Gasteiger partial charge in [0, 0.05) is 6.04 Å². The standard InChI is InChI=1S/C12H17NO/c1-8(13)10-6-9-4-2-3-5-11(9)12(14)7-10/h6-8,14H,2-5,13H2,1H3. The molecule has 0 aromatic heterocycles. The molecule has 0 heterocycles. The molecule has 0 radical (unpaired) electrons. The molecule has 2 rings (SSSR count). The molecule has 0 saturated heterocycles. The van der Waals surface area contributed by atoms with Gasteiger partial charge in [-0.25, -0.2) is 0 Å². The van der Waals surface area contributed by atoms with Crippen LogP contribution in [0.1, 0.15) is 42.5 Å². The molecule has 0 fully saturated rings. The van der Waals surface area contributed by atoms with Crippen LogP contribution in [0.3, 0.4) is 0 Å². The summed E-state index contributed by atoms with van der Waals surface area (Å²) in [5.74, 6) is 0.439. The Morgan fingerprint density at radius 3 is 2.71 bits per heavy atom. The Balaban J connectivity index is 2.46. The van der Waals surface area contributed by atoms with Crippen molar-refractivity contribution in [2.45, 2.75) is 38.6 Å². The molecule has 0 amide bonds. The van der Waals surface area contributed by atoms with E-state index in [1.807, 2.05) is 13.0 Å². The summed E-state index contributed by atoms with van der Waals surface area (Å²) >= 11 is 0. The predicted octanol–water partition coefficient (Wildman–Crippen LogP) is 2.29. The highest BCUT2D eigenvalue weighted by Gasteiger charge is 2.15. The summed E-state index contributed by atoms with van der Waals surface area (Å²) in [7, 11) is 0. The maximum absolute atomic E-state index is 9.83. The number of phenols is 1. The first-order chi connectivity index (χ1) is 6.68. The summed E-state index contributed by atoms with van der Waals surface area (Å²) in [6.07, 6.45) is 4.52. The minimum atomic E-state index is 0.00752. The molecular weight excluding hydrogens is 174 g/mol. The second-order valence-electron chi connectivity index (χ2n) is 4.17. The topological polar surface area (TPSA) is 46.2 Å². The van der Waals surface area contributed by atoms with Crippen LogP contribution in [-0.4, -0.2) is 5.11 Å². The Bertz CT molecular complexity index is 344. The molecule has 1 aromatic rings. The molecule has 0 spiro atoms. The van der Waals surface area contributed by atoms with Gasteiger partial charge in [0.05, 0.1) is 0 Å². The van der Waals surface area contributed by atoms with Gasteiger partial charge in [0.2, 0.25) is 0 Å². The summed E-state index contributed by atoms with van der Waals surface area (Å²) in [6.45, 7) is 1.95. The molecule has 3 N–H and O–H groups in total. The highest BCUT2D eigenvalue weighted by Crippen LogP contribution is 2.31. The molecule has 0 aliphatic heterocycles. The Labute approximate surface area is 84.7 Å². The molecule has 2 heteroatoms. The molecule has 1 unspecified atom stereocenters. The van der Waals surface area contributed by atoms with E-state index in [2.05, 4.69) is 6.07 Å². The molecule has 14 heavy (non-hydrogen) atoms. The second kappa shape index (κ2) is 3.62. The van der Waals surface area contributed by atoms with Crippen molar-refractivity contribution in [2.75, 3.05) is 0 Å². The van der Waals surface area contributed by atoms with Gasteiger partial charge in [0.25, 0.3) is 0 Å². The van der Waals surface area contributed by atoms with Gasteiger partial charge < -0.3 is 10.8 Å². The van der Waals surface area contributed by atoms with Crippen molar-refractivity contribution < 1.29 is 5.11 Å². The number of hydrogen-bond acceptors (Lipinski definition) is 2. The Kier molecular flexibility index (Phi) is 2.46. The van der Waals surface area contributed by atoms with E-state index in [9.17, 15) is 5.11 Å². The summed E-state index contributed by atoms with van der Waals surface area (Å²) in [5, 5.41) is 9.83. The number of phenolic OH excluding ortho intramolecular Hbond substituents is 1. The fourth-order valence-corrected chi connectivity index (χ4v) is 2.13. The quantitative estimate of drug-likeness (QED) is 0.715. The summed E-state index contributed by atoms with van der Waals surface area (Å²) in [5.41, 5.74) is 9.28. The van der Waals surface area contributed by atoms with E-state index in [1.54, 1.807) is 0 Å². The molecule has 1 atom stereocenters. The zero-order valence-electron chi connectivity index (χ0n) is 8.59. The molecule has 2 nitrogen and oxygen atoms in total. The third-order valence-corrected chi connectivity index (χ3v) is 2.99. The summed E-state index contributed by atoms with van der Waals surface area (Å²) in [6, 6.07) is 3.97. The number of nitrogens with two attached hydrogens (primary N) is 1. The van der Waals surface area contributed by atoms with Gasteiger partial charge in [-0.05, 0) is 55.4 Å². The molecule has 1 aliphatic rings. The lowest BCUT2D eigenvalue weighted by Crippen LogP contribution is -2.09. The number of hydrogen-bond donors (Lipinski definition) is 2. The minimum Gasteiger partial charge on any atom is -0.508 e. The highest BCUT2D eigenvalue weighted by atomic mass is 16.3. The van der Waals surface area contributed by atoms with Gasteiger partial charge >= 0.3 is 0 Å². The fourth-order valence-electron chi connectivity index (χ4n) is 2.13. The lowest BCUT2D eigenvalue weighted by Gasteiger charge is -2.19. The van der Waals surface area contributed by atoms with Crippen molar-refractivity contribution in [1.82, 2.24) is 0 Å². The van der Waals surface area contributed by atoms with E-state index < -0.39 is 0 Å². The first-order valence-corrected chi connectivity index (χ1v) is 5.28. The lowest BCUT2D eigenvalue weighted by molar-refractivity contribution is 0.460. The van der Waals surface area contributed by atoms with Gasteiger partial charge in [-0.15, -0.1) is 0 Å². The van der Waals surface area contributed by atoms with Crippen molar-refractivity contribution in [1.29, 1.82) is 0 Å². The molecular formula is C12H17NO. The Hall–Kier alpha value is -1.02. The Morgan fingerprint density at radius 1 is 1.29 bits per heavy atom. The third-order valence-electron chi connectivity index (χ3n) is 2.99. The van der Waals surface area contributed by atoms with Crippen LogP contribution in [0, 0.1) is 0 Å². The van der Waals surface area contributed by atoms with Crippen LogP contribution >= 0.6 is 0 Å². The van der Waals surface area contributed by atoms with E-state index in [-0.39, 0.29) is 6.04 Å². The van der Waals surface area contributed by atoms with Crippen LogP contribution < -0.4 is 5.73 Å². The van der Waals surface area contributed by atoms with E-state index in [1.165, 1.54) is 18.4 Å². The van der Waals surface area contributed by atoms with Crippen molar-refractivity contribution >= 4 is 0 Å². The van der Waals surface area contributed by atoms with Crippen molar-refractivity contribution in [3.63, 3.8) is 0 Å². The number of aryl methyl sites for hydroxylation is 1. The largest absolute Gasteiger partial charge is 0.508 e. The fraction of sp³-hybridized carbons (Fsp3) is 0.500. The van der Waals surface area contributed by atoms with Gasteiger partial charge in [-0.2, -0.15) is 0 Å². The van der Waals surface area contributed by atoms with E-state index in [4.69, 9.17) is 5.73 Å². The summed E-state index contributed by atoms with van der Waals surface area (Å²) in [4.78, 5) is 0. The molecule has 1 aliphatic carbocycles. The maximum Gasteiger partial charge on any atom is 0.119 e. The zero-order valence-corrected chi connectivity index (χ0v) is 8.59. The number of aromatic hydroxyl groups is 1. The average molecular weight is 191 g/mol. The van der Waals surface area contributed by atoms with Gasteiger partial charge in [0.1, 0.15) is 5.75 Å². The maximum atomic E-state index is 9.83. The SMILES string of the molecule is CC(N)c1cc(O)c2c(c1)CCCC2. The highest BCUT2D eigenvalue weighted by molar-refractivity contribution is 5.45. The van der Waals surface area contributed by atoms with E-state index >= 15 is 0 Å². The second-order valence-corrected chi connectivity index (χ2v) is 4.17. The molecule has 0 bridgehead atoms. The minimum absolute atomic E-state index is 0.00752. The van der Waals surface area contributed by atoms with Gasteiger partial charge in [0.15, 0.2) is 0 Å². The number of fused-ring (bicyclic) bond motifs is 1. The van der Waals surface area contributed by atoms with Crippen LogP contribution in [0.25, 0.3) is 0 Å². The van der Waals surface area contributed by atoms with Crippen LogP contribution in [0.2, 0.25) is 0 Å². The van der Waals surface area contributed by atoms with E-state index in [0.717, 1.165) is 24.0 Å². The molecule has 76 valence electrons. The first-order valence-electron chi connectivity index (χ1n) is 5.28. The molecule has 0 saturated carbocycles. The lowest BCUT2D eigenvalue weighted by atomic mass is 9.88. The Morgan fingerprint density at radius 2 is 2.00 bits per heavy atom. The smallest absolute Gasteiger partial charge is 0.119 e. The zero-order chi connectivity index (χ0) is 10.1. The third kappa shape index (κ3) is 1.62.